The Labute approximate surface area is 164 Å². The van der Waals surface area contributed by atoms with Crippen molar-refractivity contribution in [1.82, 2.24) is 9.97 Å². The van der Waals surface area contributed by atoms with Crippen LogP contribution in [-0.2, 0) is 0 Å². The van der Waals surface area contributed by atoms with Crippen LogP contribution in [0.5, 0.6) is 17.2 Å². The molecule has 0 bridgehead atoms. The number of nitrogens with one attached hydrogen (secondary N) is 2. The van der Waals surface area contributed by atoms with E-state index in [9.17, 15) is 0 Å². The van der Waals surface area contributed by atoms with Crippen LogP contribution in [-0.4, -0.2) is 30.3 Å². The number of anilines is 4. The van der Waals surface area contributed by atoms with E-state index in [4.69, 9.17) is 14.2 Å². The molecule has 0 atom stereocenters. The van der Waals surface area contributed by atoms with Crippen molar-refractivity contribution < 1.29 is 14.2 Å². The van der Waals surface area contributed by atoms with Crippen molar-refractivity contribution in [2.45, 2.75) is 20.0 Å². The molecule has 3 rings (SSSR count). The number of hydrogen-bond acceptors (Lipinski definition) is 7. The predicted molar refractivity (Wildman–Crippen MR) is 110 cm³/mol. The topological polar surface area (TPSA) is 77.5 Å². The van der Waals surface area contributed by atoms with Crippen LogP contribution < -0.4 is 24.8 Å². The molecule has 0 spiro atoms. The van der Waals surface area contributed by atoms with Gasteiger partial charge in [0.05, 0.1) is 31.7 Å². The quantitative estimate of drug-likeness (QED) is 0.583. The summed E-state index contributed by atoms with van der Waals surface area (Å²) in [4.78, 5) is 8.58. The Morgan fingerprint density at radius 3 is 2.11 bits per heavy atom. The summed E-state index contributed by atoms with van der Waals surface area (Å²) in [7, 11) is 3.23. The van der Waals surface area contributed by atoms with Gasteiger partial charge in [0, 0.05) is 12.1 Å². The lowest BCUT2D eigenvalue weighted by Crippen LogP contribution is -2.07. The summed E-state index contributed by atoms with van der Waals surface area (Å²) < 4.78 is 16.5. The molecule has 0 saturated heterocycles. The van der Waals surface area contributed by atoms with Gasteiger partial charge in [-0.05, 0) is 38.1 Å². The van der Waals surface area contributed by atoms with Gasteiger partial charge >= 0.3 is 0 Å². The van der Waals surface area contributed by atoms with E-state index in [1.54, 1.807) is 14.2 Å². The van der Waals surface area contributed by atoms with Gasteiger partial charge in [-0.1, -0.05) is 12.1 Å². The molecule has 0 aliphatic carbocycles. The lowest BCUT2D eigenvalue weighted by atomic mass is 10.2. The van der Waals surface area contributed by atoms with E-state index in [1.807, 2.05) is 62.4 Å². The molecule has 2 aromatic carbocycles. The maximum absolute atomic E-state index is 5.85. The van der Waals surface area contributed by atoms with Gasteiger partial charge in [0.2, 0.25) is 0 Å². The minimum absolute atomic E-state index is 0.0770. The summed E-state index contributed by atoms with van der Waals surface area (Å²) in [5.41, 5.74) is 1.61. The van der Waals surface area contributed by atoms with Crippen LogP contribution >= 0.6 is 0 Å². The van der Waals surface area contributed by atoms with Gasteiger partial charge in [-0.3, -0.25) is 0 Å². The average Bonchev–Trinajstić information content (AvgIpc) is 2.70. The third-order valence-electron chi connectivity index (χ3n) is 3.85. The van der Waals surface area contributed by atoms with E-state index in [2.05, 4.69) is 20.6 Å². The second kappa shape index (κ2) is 8.94. The first kappa shape index (κ1) is 19.3. The van der Waals surface area contributed by atoms with Crippen molar-refractivity contribution in [2.24, 2.45) is 0 Å². The van der Waals surface area contributed by atoms with Crippen molar-refractivity contribution in [3.63, 3.8) is 0 Å². The summed E-state index contributed by atoms with van der Waals surface area (Å²) in [5.74, 6) is 3.41. The number of para-hydroxylation sites is 2. The number of methoxy groups -OCH3 is 2. The molecule has 0 amide bonds. The van der Waals surface area contributed by atoms with Crippen LogP contribution in [0.3, 0.4) is 0 Å². The second-order valence-electron chi connectivity index (χ2n) is 6.27. The number of benzene rings is 2. The number of hydrogen-bond donors (Lipinski definition) is 2. The van der Waals surface area contributed by atoms with Gasteiger partial charge in [-0.25, -0.2) is 9.97 Å². The highest BCUT2D eigenvalue weighted by Crippen LogP contribution is 2.32. The maximum Gasteiger partial charge on any atom is 0.146 e. The van der Waals surface area contributed by atoms with E-state index in [0.717, 1.165) is 17.1 Å². The van der Waals surface area contributed by atoms with Crippen molar-refractivity contribution in [2.75, 3.05) is 24.9 Å². The molecule has 0 saturated carbocycles. The van der Waals surface area contributed by atoms with E-state index in [0.29, 0.717) is 23.1 Å². The van der Waals surface area contributed by atoms with E-state index in [1.165, 1.54) is 6.33 Å². The highest BCUT2D eigenvalue weighted by molar-refractivity contribution is 5.69. The number of nitrogens with zero attached hydrogens (tertiary/aromatic N) is 2. The normalized spacial score (nSPS) is 10.5. The highest BCUT2D eigenvalue weighted by Gasteiger charge is 2.09. The van der Waals surface area contributed by atoms with E-state index in [-0.39, 0.29) is 6.10 Å². The molecular formula is C21H24N4O3. The van der Waals surface area contributed by atoms with Gasteiger partial charge in [-0.2, -0.15) is 0 Å². The van der Waals surface area contributed by atoms with Gasteiger partial charge in [0.15, 0.2) is 0 Å². The lowest BCUT2D eigenvalue weighted by Gasteiger charge is -2.15. The second-order valence-corrected chi connectivity index (χ2v) is 6.27. The molecule has 0 aliphatic rings. The van der Waals surface area contributed by atoms with Crippen molar-refractivity contribution >= 4 is 23.0 Å². The Morgan fingerprint density at radius 1 is 0.786 bits per heavy atom. The van der Waals surface area contributed by atoms with Crippen molar-refractivity contribution in [3.8, 4) is 17.2 Å². The molecule has 3 aromatic rings. The van der Waals surface area contributed by atoms with Crippen LogP contribution in [0.1, 0.15) is 13.8 Å². The van der Waals surface area contributed by atoms with Crippen molar-refractivity contribution in [3.05, 3.63) is 54.9 Å². The molecule has 0 radical (unpaired) electrons. The van der Waals surface area contributed by atoms with Gasteiger partial charge in [0.25, 0.3) is 0 Å². The Kier molecular flexibility index (Phi) is 6.16. The zero-order valence-electron chi connectivity index (χ0n) is 16.4. The third-order valence-corrected chi connectivity index (χ3v) is 3.85. The fourth-order valence-corrected chi connectivity index (χ4v) is 2.60. The summed E-state index contributed by atoms with van der Waals surface area (Å²) in [5, 5.41) is 6.53. The minimum atomic E-state index is 0.0770. The largest absolute Gasteiger partial charge is 0.497 e. The predicted octanol–water partition coefficient (Wildman–Crippen LogP) is 4.77. The Hall–Kier alpha value is -3.48. The molecule has 0 aliphatic heterocycles. The monoisotopic (exact) mass is 380 g/mol. The van der Waals surface area contributed by atoms with Gasteiger partial charge in [0.1, 0.15) is 35.2 Å². The Morgan fingerprint density at radius 2 is 1.46 bits per heavy atom. The third kappa shape index (κ3) is 4.82. The van der Waals surface area contributed by atoms with Crippen LogP contribution in [0.4, 0.5) is 23.0 Å². The Bertz CT molecular complexity index is 931. The standard InChI is InChI=1S/C21H24N4O3/c1-14(2)28-18-8-6-5-7-16(18)24-20-12-21(23-13-22-20)25-17-10-9-15(26-3)11-19(17)27-4/h5-14H,1-4H3,(H2,22,23,24,25). The number of ether oxygens (including phenoxy) is 3. The first-order valence-corrected chi connectivity index (χ1v) is 8.93. The average molecular weight is 380 g/mol. The van der Waals surface area contributed by atoms with Crippen LogP contribution in [0.15, 0.2) is 54.9 Å². The minimum Gasteiger partial charge on any atom is -0.497 e. The van der Waals surface area contributed by atoms with Crippen LogP contribution in [0.25, 0.3) is 0 Å². The fraction of sp³-hybridized carbons (Fsp3) is 0.238. The zero-order valence-corrected chi connectivity index (χ0v) is 16.4. The van der Waals surface area contributed by atoms with Crippen molar-refractivity contribution in [1.29, 1.82) is 0 Å². The molecule has 7 nitrogen and oxygen atoms in total. The lowest BCUT2D eigenvalue weighted by molar-refractivity contribution is 0.244. The molecule has 1 aromatic heterocycles. The molecule has 0 unspecified atom stereocenters. The molecule has 146 valence electrons. The van der Waals surface area contributed by atoms with Gasteiger partial charge < -0.3 is 24.8 Å². The molecule has 7 heteroatoms. The smallest absolute Gasteiger partial charge is 0.146 e. The summed E-state index contributed by atoms with van der Waals surface area (Å²) in [6, 6.07) is 15.1. The molecule has 0 fully saturated rings. The molecular weight excluding hydrogens is 356 g/mol. The first-order chi connectivity index (χ1) is 13.6. The number of aromatic nitrogens is 2. The first-order valence-electron chi connectivity index (χ1n) is 8.93. The van der Waals surface area contributed by atoms with Crippen LogP contribution in [0, 0.1) is 0 Å². The molecule has 28 heavy (non-hydrogen) atoms. The van der Waals surface area contributed by atoms with E-state index < -0.39 is 0 Å². The highest BCUT2D eigenvalue weighted by atomic mass is 16.5. The summed E-state index contributed by atoms with van der Waals surface area (Å²) >= 11 is 0. The molecule has 1 heterocycles. The van der Waals surface area contributed by atoms with Gasteiger partial charge in [-0.15, -0.1) is 0 Å². The fourth-order valence-electron chi connectivity index (χ4n) is 2.60. The maximum atomic E-state index is 5.85. The molecule has 2 N–H and O–H groups in total. The zero-order chi connectivity index (χ0) is 19.9. The SMILES string of the molecule is COc1ccc(Nc2cc(Nc3ccccc3OC(C)C)ncn2)c(OC)c1. The summed E-state index contributed by atoms with van der Waals surface area (Å²) in [6.45, 7) is 3.98. The van der Waals surface area contributed by atoms with E-state index >= 15 is 0 Å². The summed E-state index contributed by atoms with van der Waals surface area (Å²) in [6.07, 6.45) is 1.57. The van der Waals surface area contributed by atoms with Crippen LogP contribution in [0.2, 0.25) is 0 Å². The Balaban J connectivity index is 1.80. The number of rotatable bonds is 8.